The summed E-state index contributed by atoms with van der Waals surface area (Å²) in [6.07, 6.45) is 5.39. The van der Waals surface area contributed by atoms with Gasteiger partial charge in [-0.05, 0) is 30.3 Å². The van der Waals surface area contributed by atoms with Crippen LogP contribution in [0.15, 0.2) is 59.5 Å². The zero-order valence-electron chi connectivity index (χ0n) is 23.2. The Bertz CT molecular complexity index is 1400. The number of piperazine rings is 1. The molecule has 39 heavy (non-hydrogen) atoms. The van der Waals surface area contributed by atoms with Gasteiger partial charge in [-0.3, -0.25) is 9.69 Å². The molecule has 1 aliphatic heterocycles. The van der Waals surface area contributed by atoms with Gasteiger partial charge in [-0.15, -0.1) is 0 Å². The van der Waals surface area contributed by atoms with Crippen LogP contribution in [-0.2, 0) is 22.8 Å². The van der Waals surface area contributed by atoms with E-state index < -0.39 is 8.07 Å². The number of carbonyl (C=O) groups excluding carboxylic acids is 1. The van der Waals surface area contributed by atoms with Gasteiger partial charge in [0.15, 0.2) is 0 Å². The molecule has 0 saturated carbocycles. The lowest BCUT2D eigenvalue weighted by Gasteiger charge is -2.33. The topological polar surface area (TPSA) is 85.9 Å². The predicted octanol–water partition coefficient (Wildman–Crippen LogP) is 5.46. The molecule has 9 nitrogen and oxygen atoms in total. The number of fused-ring (bicyclic) bond motifs is 1. The van der Waals surface area contributed by atoms with Crippen LogP contribution in [0.2, 0.25) is 25.7 Å². The standard InChI is InChI=1S/C29H37N5O4Si/c1-22(35)33-13-11-32(12-14-33)19-24-20-37-28-17-25(6-7-26(24)28)38-29-8-5-23(18-30-29)27-9-10-31-34(27)21-36-15-16-39(2,3)4/h5-10,17-18,20H,11-16,19,21H2,1-4H3. The molecule has 1 amide bonds. The lowest BCUT2D eigenvalue weighted by molar-refractivity contribution is -0.130. The minimum absolute atomic E-state index is 0.143. The van der Waals surface area contributed by atoms with Crippen LogP contribution in [-0.4, -0.2) is 71.3 Å². The van der Waals surface area contributed by atoms with Crippen LogP contribution in [0.1, 0.15) is 12.5 Å². The Hall–Kier alpha value is -3.47. The third-order valence-corrected chi connectivity index (χ3v) is 8.72. The van der Waals surface area contributed by atoms with E-state index in [1.54, 1.807) is 19.3 Å². The number of rotatable bonds is 10. The largest absolute Gasteiger partial charge is 0.464 e. The molecular weight excluding hydrogens is 510 g/mol. The maximum Gasteiger partial charge on any atom is 0.219 e. The number of amides is 1. The van der Waals surface area contributed by atoms with Crippen molar-refractivity contribution in [3.63, 3.8) is 0 Å². The van der Waals surface area contributed by atoms with E-state index in [4.69, 9.17) is 13.9 Å². The molecule has 1 aliphatic rings. The van der Waals surface area contributed by atoms with Gasteiger partial charge in [0.1, 0.15) is 18.1 Å². The number of pyridine rings is 1. The van der Waals surface area contributed by atoms with Crippen molar-refractivity contribution in [2.24, 2.45) is 0 Å². The van der Waals surface area contributed by atoms with E-state index >= 15 is 0 Å². The zero-order valence-corrected chi connectivity index (χ0v) is 24.2. The van der Waals surface area contributed by atoms with Crippen molar-refractivity contribution in [2.45, 2.75) is 45.9 Å². The van der Waals surface area contributed by atoms with Gasteiger partial charge in [-0.25, -0.2) is 9.67 Å². The number of carbonyl (C=O) groups is 1. The van der Waals surface area contributed by atoms with E-state index in [0.717, 1.165) is 73.2 Å². The van der Waals surface area contributed by atoms with Crippen LogP contribution >= 0.6 is 0 Å². The first kappa shape index (κ1) is 27.1. The first-order valence-corrected chi connectivity index (χ1v) is 17.2. The van der Waals surface area contributed by atoms with Gasteiger partial charge < -0.3 is 18.8 Å². The minimum Gasteiger partial charge on any atom is -0.464 e. The Labute approximate surface area is 230 Å². The van der Waals surface area contributed by atoms with Gasteiger partial charge in [-0.2, -0.15) is 5.10 Å². The highest BCUT2D eigenvalue weighted by molar-refractivity contribution is 6.76. The number of ether oxygens (including phenoxy) is 2. The number of aromatic nitrogens is 3. The molecule has 1 fully saturated rings. The number of hydrogen-bond acceptors (Lipinski definition) is 7. The van der Waals surface area contributed by atoms with E-state index in [9.17, 15) is 4.79 Å². The molecule has 1 saturated heterocycles. The fourth-order valence-electron chi connectivity index (χ4n) is 4.63. The summed E-state index contributed by atoms with van der Waals surface area (Å²) < 4.78 is 19.6. The fraction of sp³-hybridized carbons (Fsp3) is 0.414. The SMILES string of the molecule is CC(=O)N1CCN(Cc2coc3cc(Oc4ccc(-c5ccnn5COCC[Si](C)(C)C)cn4)ccc23)CC1. The first-order valence-electron chi connectivity index (χ1n) is 13.5. The average Bonchev–Trinajstić information content (AvgIpc) is 3.54. The van der Waals surface area contributed by atoms with Gasteiger partial charge in [-0.1, -0.05) is 19.6 Å². The molecule has 4 heterocycles. The van der Waals surface area contributed by atoms with Gasteiger partial charge in [0.25, 0.3) is 0 Å². The summed E-state index contributed by atoms with van der Waals surface area (Å²) in [7, 11) is -1.12. The lowest BCUT2D eigenvalue weighted by atomic mass is 10.1. The van der Waals surface area contributed by atoms with Crippen molar-refractivity contribution in [3.8, 4) is 22.9 Å². The van der Waals surface area contributed by atoms with E-state index in [0.29, 0.717) is 18.4 Å². The van der Waals surface area contributed by atoms with Gasteiger partial charge >= 0.3 is 0 Å². The second-order valence-electron chi connectivity index (χ2n) is 11.3. The Morgan fingerprint density at radius 3 is 2.62 bits per heavy atom. The monoisotopic (exact) mass is 547 g/mol. The van der Waals surface area contributed by atoms with Crippen LogP contribution in [0.25, 0.3) is 22.2 Å². The van der Waals surface area contributed by atoms with Crippen molar-refractivity contribution in [1.29, 1.82) is 0 Å². The number of furan rings is 1. The number of nitrogens with zero attached hydrogens (tertiary/aromatic N) is 5. The van der Waals surface area contributed by atoms with Crippen LogP contribution < -0.4 is 4.74 Å². The summed E-state index contributed by atoms with van der Waals surface area (Å²) in [5, 5.41) is 5.48. The number of benzene rings is 1. The predicted molar refractivity (Wildman–Crippen MR) is 153 cm³/mol. The van der Waals surface area contributed by atoms with Crippen molar-refractivity contribution >= 4 is 25.0 Å². The van der Waals surface area contributed by atoms with Crippen LogP contribution in [0, 0.1) is 0 Å². The molecule has 3 aromatic heterocycles. The molecule has 0 radical (unpaired) electrons. The van der Waals surface area contributed by atoms with E-state index in [2.05, 4.69) is 34.6 Å². The smallest absolute Gasteiger partial charge is 0.219 e. The summed E-state index contributed by atoms with van der Waals surface area (Å²) in [5.74, 6) is 1.31. The molecule has 5 rings (SSSR count). The summed E-state index contributed by atoms with van der Waals surface area (Å²) >= 11 is 0. The minimum atomic E-state index is -1.12. The summed E-state index contributed by atoms with van der Waals surface area (Å²) in [4.78, 5) is 20.3. The van der Waals surface area contributed by atoms with Crippen LogP contribution in [0.5, 0.6) is 11.6 Å². The maximum absolute atomic E-state index is 11.6. The Balaban J connectivity index is 1.18. The molecule has 4 aromatic rings. The summed E-state index contributed by atoms with van der Waals surface area (Å²) in [6.45, 7) is 13.9. The number of hydrogen-bond donors (Lipinski definition) is 0. The average molecular weight is 548 g/mol. The molecule has 0 atom stereocenters. The highest BCUT2D eigenvalue weighted by atomic mass is 28.3. The fourth-order valence-corrected chi connectivity index (χ4v) is 5.39. The van der Waals surface area contributed by atoms with Crippen LogP contribution in [0.3, 0.4) is 0 Å². The molecule has 0 spiro atoms. The van der Waals surface area contributed by atoms with Crippen LogP contribution in [0.4, 0.5) is 0 Å². The lowest BCUT2D eigenvalue weighted by Crippen LogP contribution is -2.47. The molecule has 0 unspecified atom stereocenters. The van der Waals surface area contributed by atoms with Crippen molar-refractivity contribution in [1.82, 2.24) is 24.6 Å². The molecule has 10 heteroatoms. The highest BCUT2D eigenvalue weighted by Crippen LogP contribution is 2.30. The molecule has 1 aromatic carbocycles. The second-order valence-corrected chi connectivity index (χ2v) is 16.9. The maximum atomic E-state index is 11.6. The van der Waals surface area contributed by atoms with Crippen molar-refractivity contribution < 1.29 is 18.7 Å². The van der Waals surface area contributed by atoms with Crippen molar-refractivity contribution in [3.05, 3.63) is 60.6 Å². The second kappa shape index (κ2) is 11.7. The zero-order chi connectivity index (χ0) is 27.4. The first-order chi connectivity index (χ1) is 18.7. The summed E-state index contributed by atoms with van der Waals surface area (Å²) in [5.41, 5.74) is 3.81. The molecule has 0 N–H and O–H groups in total. The molecule has 206 valence electrons. The third-order valence-electron chi connectivity index (χ3n) is 7.02. The third kappa shape index (κ3) is 6.94. The van der Waals surface area contributed by atoms with E-state index in [-0.39, 0.29) is 5.91 Å². The Kier molecular flexibility index (Phi) is 8.15. The molecule has 0 aliphatic carbocycles. The van der Waals surface area contributed by atoms with Gasteiger partial charge in [0.2, 0.25) is 11.8 Å². The normalized spacial score (nSPS) is 14.7. The Morgan fingerprint density at radius 2 is 1.90 bits per heavy atom. The summed E-state index contributed by atoms with van der Waals surface area (Å²) in [6, 6.07) is 12.8. The Morgan fingerprint density at radius 1 is 1.08 bits per heavy atom. The van der Waals surface area contributed by atoms with Gasteiger partial charge in [0.05, 0.1) is 12.0 Å². The molecular formula is C29H37N5O4Si. The van der Waals surface area contributed by atoms with E-state index in [1.807, 2.05) is 52.2 Å². The van der Waals surface area contributed by atoms with E-state index in [1.165, 1.54) is 0 Å². The van der Waals surface area contributed by atoms with Crippen molar-refractivity contribution in [2.75, 3.05) is 32.8 Å². The highest BCUT2D eigenvalue weighted by Gasteiger charge is 2.20. The molecule has 0 bridgehead atoms. The quantitative estimate of drug-likeness (QED) is 0.192. The van der Waals surface area contributed by atoms with Gasteiger partial charge in [0, 0.05) is 95.4 Å².